The highest BCUT2D eigenvalue weighted by Gasteiger charge is 2.24. The monoisotopic (exact) mass is 389 g/mol. The average molecular weight is 389 g/mol. The van der Waals surface area contributed by atoms with E-state index < -0.39 is 0 Å². The van der Waals surface area contributed by atoms with Crippen LogP contribution in [-0.2, 0) is 22.6 Å². The molecular formula is C20H25N2O4S+. The Kier molecular flexibility index (Phi) is 5.91. The highest BCUT2D eigenvalue weighted by Crippen LogP contribution is 2.32. The zero-order valence-electron chi connectivity index (χ0n) is 15.2. The molecule has 0 saturated carbocycles. The molecule has 6 nitrogen and oxygen atoms in total. The smallest absolute Gasteiger partial charge is 0.275 e. The second-order valence-electron chi connectivity index (χ2n) is 6.99. The van der Waals surface area contributed by atoms with Gasteiger partial charge in [-0.05, 0) is 42.0 Å². The fraction of sp³-hybridized carbons (Fsp3) is 0.450. The van der Waals surface area contributed by atoms with Crippen LogP contribution in [-0.4, -0.2) is 38.5 Å². The summed E-state index contributed by atoms with van der Waals surface area (Å²) in [6, 6.07) is 9.95. The molecule has 7 heteroatoms. The molecule has 4 rings (SSSR count). The van der Waals surface area contributed by atoms with Crippen molar-refractivity contribution < 1.29 is 23.9 Å². The van der Waals surface area contributed by atoms with E-state index in [0.29, 0.717) is 13.1 Å². The first-order valence-electron chi connectivity index (χ1n) is 9.39. The van der Waals surface area contributed by atoms with Crippen LogP contribution in [0, 0.1) is 0 Å². The van der Waals surface area contributed by atoms with Gasteiger partial charge in [-0.3, -0.25) is 4.79 Å². The highest BCUT2D eigenvalue weighted by atomic mass is 32.1. The molecule has 1 saturated heterocycles. The number of nitrogens with one attached hydrogen (secondary N) is 2. The van der Waals surface area contributed by atoms with E-state index in [1.165, 1.54) is 9.78 Å². The summed E-state index contributed by atoms with van der Waals surface area (Å²) in [5.41, 5.74) is 1.01. The zero-order chi connectivity index (χ0) is 18.5. The minimum atomic E-state index is 0.0530. The summed E-state index contributed by atoms with van der Waals surface area (Å²) >= 11 is 1.74. The Morgan fingerprint density at radius 3 is 3.00 bits per heavy atom. The van der Waals surface area contributed by atoms with Crippen LogP contribution in [0.1, 0.15) is 23.3 Å². The topological polar surface area (TPSA) is 61.2 Å². The summed E-state index contributed by atoms with van der Waals surface area (Å²) < 4.78 is 16.5. The van der Waals surface area contributed by atoms with Gasteiger partial charge in [-0.25, -0.2) is 0 Å². The SMILES string of the molecule is O=C(C[NH+](Cc1cccs1)C[C@@H]1CCCO1)NCc1ccc2c(c1)OCO2. The lowest BCUT2D eigenvalue weighted by atomic mass is 10.2. The van der Waals surface area contributed by atoms with Gasteiger partial charge in [-0.2, -0.15) is 0 Å². The van der Waals surface area contributed by atoms with Crippen LogP contribution < -0.4 is 19.7 Å². The normalized spacial score (nSPS) is 19.2. The number of thiophene rings is 1. The lowest BCUT2D eigenvalue weighted by molar-refractivity contribution is -0.908. The van der Waals surface area contributed by atoms with Crippen LogP contribution in [0.15, 0.2) is 35.7 Å². The van der Waals surface area contributed by atoms with Crippen LogP contribution in [0.25, 0.3) is 0 Å². The Morgan fingerprint density at radius 2 is 2.19 bits per heavy atom. The Morgan fingerprint density at radius 1 is 1.26 bits per heavy atom. The van der Waals surface area contributed by atoms with E-state index in [1.807, 2.05) is 18.2 Å². The van der Waals surface area contributed by atoms with Crippen molar-refractivity contribution >= 4 is 17.2 Å². The summed E-state index contributed by atoms with van der Waals surface area (Å²) in [5.74, 6) is 1.55. The molecular weight excluding hydrogens is 364 g/mol. The molecule has 1 aromatic heterocycles. The third-order valence-corrected chi connectivity index (χ3v) is 5.76. The molecule has 2 atom stereocenters. The predicted octanol–water partition coefficient (Wildman–Crippen LogP) is 1.36. The number of amides is 1. The van der Waals surface area contributed by atoms with Gasteiger partial charge >= 0.3 is 0 Å². The van der Waals surface area contributed by atoms with Crippen molar-refractivity contribution in [1.82, 2.24) is 5.32 Å². The number of carbonyl (C=O) groups excluding carboxylic acids is 1. The zero-order valence-corrected chi connectivity index (χ0v) is 16.1. The Labute approximate surface area is 163 Å². The number of carbonyl (C=O) groups is 1. The molecule has 2 aromatic rings. The van der Waals surface area contributed by atoms with Crippen LogP contribution in [0.4, 0.5) is 0 Å². The van der Waals surface area contributed by atoms with Gasteiger partial charge in [0.1, 0.15) is 19.2 Å². The molecule has 0 spiro atoms. The number of ether oxygens (including phenoxy) is 3. The first-order chi connectivity index (χ1) is 13.3. The van der Waals surface area contributed by atoms with Crippen molar-refractivity contribution in [1.29, 1.82) is 0 Å². The molecule has 2 aliphatic rings. The van der Waals surface area contributed by atoms with Crippen molar-refractivity contribution in [2.75, 3.05) is 26.5 Å². The van der Waals surface area contributed by atoms with E-state index in [-0.39, 0.29) is 18.8 Å². The van der Waals surface area contributed by atoms with Gasteiger partial charge in [0.05, 0.1) is 4.88 Å². The summed E-state index contributed by atoms with van der Waals surface area (Å²) in [6.45, 7) is 3.76. The van der Waals surface area contributed by atoms with Crippen molar-refractivity contribution in [2.45, 2.75) is 32.0 Å². The maximum atomic E-state index is 12.5. The van der Waals surface area contributed by atoms with Crippen molar-refractivity contribution in [3.8, 4) is 11.5 Å². The maximum Gasteiger partial charge on any atom is 0.275 e. The van der Waals surface area contributed by atoms with Gasteiger partial charge < -0.3 is 24.4 Å². The lowest BCUT2D eigenvalue weighted by Crippen LogP contribution is -3.13. The molecule has 1 fully saturated rings. The molecule has 3 heterocycles. The number of rotatable bonds is 8. The number of benzene rings is 1. The first-order valence-corrected chi connectivity index (χ1v) is 10.3. The second-order valence-corrected chi connectivity index (χ2v) is 8.02. The Bertz CT molecular complexity index is 759. The fourth-order valence-corrected chi connectivity index (χ4v) is 4.31. The lowest BCUT2D eigenvalue weighted by Gasteiger charge is -2.21. The summed E-state index contributed by atoms with van der Waals surface area (Å²) in [5, 5.41) is 5.11. The van der Waals surface area contributed by atoms with Crippen LogP contribution in [0.2, 0.25) is 0 Å². The minimum Gasteiger partial charge on any atom is -0.454 e. The number of hydrogen-bond acceptors (Lipinski definition) is 5. The van der Waals surface area contributed by atoms with Crippen LogP contribution >= 0.6 is 11.3 Å². The number of fused-ring (bicyclic) bond motifs is 1. The summed E-state index contributed by atoms with van der Waals surface area (Å²) in [6.07, 6.45) is 2.47. The van der Waals surface area contributed by atoms with E-state index in [4.69, 9.17) is 14.2 Å². The van der Waals surface area contributed by atoms with Gasteiger partial charge in [-0.15, -0.1) is 11.3 Å². The van der Waals surface area contributed by atoms with Crippen molar-refractivity contribution in [3.63, 3.8) is 0 Å². The van der Waals surface area contributed by atoms with E-state index in [1.54, 1.807) is 11.3 Å². The van der Waals surface area contributed by atoms with Crippen LogP contribution in [0.5, 0.6) is 11.5 Å². The molecule has 1 aromatic carbocycles. The van der Waals surface area contributed by atoms with Gasteiger partial charge in [0.15, 0.2) is 18.0 Å². The first kappa shape index (κ1) is 18.3. The molecule has 27 heavy (non-hydrogen) atoms. The standard InChI is InChI=1S/C20H24N2O4S/c23-20(21-10-15-5-6-18-19(9-15)26-14-25-18)13-22(11-16-3-1-7-24-16)12-17-4-2-8-27-17/h2,4-6,8-9,16H,1,3,7,10-14H2,(H,21,23)/p+1/t16-/m0/s1. The Balaban J connectivity index is 1.31. The van der Waals surface area contributed by atoms with Crippen molar-refractivity contribution in [3.05, 3.63) is 46.2 Å². The highest BCUT2D eigenvalue weighted by molar-refractivity contribution is 7.09. The maximum absolute atomic E-state index is 12.5. The molecule has 1 unspecified atom stereocenters. The van der Waals surface area contributed by atoms with E-state index in [2.05, 4.69) is 22.8 Å². The van der Waals surface area contributed by atoms with Gasteiger partial charge in [0.25, 0.3) is 5.91 Å². The third kappa shape index (κ3) is 5.00. The number of quaternary nitrogens is 1. The molecule has 0 bridgehead atoms. The van der Waals surface area contributed by atoms with Gasteiger partial charge in [-0.1, -0.05) is 12.1 Å². The minimum absolute atomic E-state index is 0.0530. The fourth-order valence-electron chi connectivity index (χ4n) is 3.53. The summed E-state index contributed by atoms with van der Waals surface area (Å²) in [7, 11) is 0. The Hall–Kier alpha value is -2.09. The third-order valence-electron chi connectivity index (χ3n) is 4.88. The van der Waals surface area contributed by atoms with Crippen LogP contribution in [0.3, 0.4) is 0 Å². The quantitative estimate of drug-likeness (QED) is 0.716. The van der Waals surface area contributed by atoms with Crippen molar-refractivity contribution in [2.24, 2.45) is 0 Å². The number of hydrogen-bond donors (Lipinski definition) is 2. The molecule has 2 aliphatic heterocycles. The molecule has 2 N–H and O–H groups in total. The average Bonchev–Trinajstić information content (AvgIpc) is 3.42. The molecule has 144 valence electrons. The van der Waals surface area contributed by atoms with Gasteiger partial charge in [0.2, 0.25) is 6.79 Å². The largest absolute Gasteiger partial charge is 0.454 e. The molecule has 1 amide bonds. The molecule has 0 aliphatic carbocycles. The van der Waals surface area contributed by atoms with E-state index in [9.17, 15) is 4.79 Å². The van der Waals surface area contributed by atoms with E-state index >= 15 is 0 Å². The predicted molar refractivity (Wildman–Crippen MR) is 102 cm³/mol. The van der Waals surface area contributed by atoms with Gasteiger partial charge in [0, 0.05) is 13.2 Å². The summed E-state index contributed by atoms with van der Waals surface area (Å²) in [4.78, 5) is 15.1. The molecule has 0 radical (unpaired) electrons. The van der Waals surface area contributed by atoms with E-state index in [0.717, 1.165) is 49.6 Å². The second kappa shape index (κ2) is 8.73.